The van der Waals surface area contributed by atoms with Crippen LogP contribution in [0, 0.1) is 0 Å². The summed E-state index contributed by atoms with van der Waals surface area (Å²) < 4.78 is 2.21. The predicted molar refractivity (Wildman–Crippen MR) is 138 cm³/mol. The van der Waals surface area contributed by atoms with Gasteiger partial charge in [-0.05, 0) is 50.9 Å². The van der Waals surface area contributed by atoms with Crippen LogP contribution in [-0.4, -0.2) is 56.7 Å². The second-order valence-corrected chi connectivity index (χ2v) is 9.80. The van der Waals surface area contributed by atoms with Crippen molar-refractivity contribution in [3.8, 4) is 0 Å². The lowest BCUT2D eigenvalue weighted by molar-refractivity contribution is -0.130. The van der Waals surface area contributed by atoms with Crippen LogP contribution in [0.25, 0.3) is 0 Å². The van der Waals surface area contributed by atoms with Gasteiger partial charge in [0, 0.05) is 13.1 Å². The number of piperidine rings is 1. The maximum Gasteiger partial charge on any atom is 0.240 e. The molecule has 0 spiro atoms. The molecule has 1 saturated heterocycles. The first-order valence-electron chi connectivity index (χ1n) is 12.4. The molecule has 1 aliphatic heterocycles. The number of carbonyl (C=O) groups excluding carboxylic acids is 1. The molecule has 7 heteroatoms. The molecule has 0 aliphatic carbocycles. The van der Waals surface area contributed by atoms with Crippen molar-refractivity contribution in [2.75, 3.05) is 26.2 Å². The third-order valence-electron chi connectivity index (χ3n) is 6.42. The predicted octanol–water partition coefficient (Wildman–Crippen LogP) is 5.01. The van der Waals surface area contributed by atoms with Crippen LogP contribution in [-0.2, 0) is 17.9 Å². The van der Waals surface area contributed by atoms with E-state index in [1.54, 1.807) is 0 Å². The average Bonchev–Trinajstić information content (AvgIpc) is 3.25. The average molecular weight is 478 g/mol. The second kappa shape index (κ2) is 12.2. The number of amides is 1. The summed E-state index contributed by atoms with van der Waals surface area (Å²) in [7, 11) is 0. The number of nitrogens with zero attached hydrogens (tertiary/aromatic N) is 5. The fourth-order valence-electron chi connectivity index (χ4n) is 4.46. The van der Waals surface area contributed by atoms with E-state index in [-0.39, 0.29) is 11.2 Å². The summed E-state index contributed by atoms with van der Waals surface area (Å²) in [5.74, 6) is 1.09. The molecule has 1 aliphatic rings. The summed E-state index contributed by atoms with van der Waals surface area (Å²) in [5.41, 5.74) is 2.20. The largest absolute Gasteiger partial charge is 0.342 e. The van der Waals surface area contributed by atoms with Crippen molar-refractivity contribution in [1.29, 1.82) is 0 Å². The molecule has 2 heterocycles. The monoisotopic (exact) mass is 477 g/mol. The maximum absolute atomic E-state index is 13.5. The van der Waals surface area contributed by atoms with Crippen molar-refractivity contribution in [3.63, 3.8) is 0 Å². The van der Waals surface area contributed by atoms with E-state index in [1.165, 1.54) is 36.6 Å². The number of benzene rings is 2. The van der Waals surface area contributed by atoms with E-state index in [9.17, 15) is 4.79 Å². The molecule has 0 radical (unpaired) electrons. The Hall–Kier alpha value is -2.64. The summed E-state index contributed by atoms with van der Waals surface area (Å²) in [5, 5.41) is 9.68. The van der Waals surface area contributed by atoms with Crippen molar-refractivity contribution >= 4 is 17.7 Å². The van der Waals surface area contributed by atoms with Gasteiger partial charge in [-0.25, -0.2) is 0 Å². The highest BCUT2D eigenvalue weighted by Crippen LogP contribution is 2.36. The number of carbonyl (C=O) groups is 1. The first-order valence-corrected chi connectivity index (χ1v) is 13.3. The molecule has 1 amide bonds. The Morgan fingerprint density at radius 1 is 0.912 bits per heavy atom. The summed E-state index contributed by atoms with van der Waals surface area (Å²) >= 11 is 1.52. The summed E-state index contributed by atoms with van der Waals surface area (Å²) in [6, 6.07) is 20.5. The number of thioether (sulfide) groups is 1. The fraction of sp³-hybridized carbons (Fsp3) is 0.444. The third-order valence-corrected chi connectivity index (χ3v) is 7.64. The molecule has 1 aromatic heterocycles. The lowest BCUT2D eigenvalue weighted by Crippen LogP contribution is -2.34. The zero-order valence-electron chi connectivity index (χ0n) is 20.3. The normalized spacial score (nSPS) is 15.2. The smallest absolute Gasteiger partial charge is 0.240 e. The zero-order chi connectivity index (χ0) is 23.8. The Balaban J connectivity index is 1.66. The van der Waals surface area contributed by atoms with E-state index in [1.807, 2.05) is 55.1 Å². The molecule has 6 nitrogen and oxygen atoms in total. The van der Waals surface area contributed by atoms with E-state index in [2.05, 4.69) is 43.9 Å². The zero-order valence-corrected chi connectivity index (χ0v) is 21.1. The van der Waals surface area contributed by atoms with Gasteiger partial charge in [-0.15, -0.1) is 10.2 Å². The van der Waals surface area contributed by atoms with E-state index >= 15 is 0 Å². The van der Waals surface area contributed by atoms with E-state index < -0.39 is 0 Å². The van der Waals surface area contributed by atoms with Crippen LogP contribution < -0.4 is 0 Å². The highest BCUT2D eigenvalue weighted by atomic mass is 32.2. The van der Waals surface area contributed by atoms with Crippen LogP contribution >= 0.6 is 11.8 Å². The van der Waals surface area contributed by atoms with Gasteiger partial charge in [0.15, 0.2) is 5.16 Å². The Kier molecular flexibility index (Phi) is 8.77. The number of rotatable bonds is 10. The fourth-order valence-corrected chi connectivity index (χ4v) is 5.60. The number of likely N-dealkylation sites (tertiary alicyclic amines) is 1. The number of likely N-dealkylation sites (N-methyl/N-ethyl adjacent to an activating group) is 1. The topological polar surface area (TPSA) is 54.3 Å². The highest BCUT2D eigenvalue weighted by molar-refractivity contribution is 8.00. The standard InChI is InChI=1S/C27H35N5OS/c1-3-31(4-2)26(33)25(23-16-10-6-11-17-23)34-27-29-28-24(21-30-18-12-7-13-19-30)32(27)20-22-14-8-5-9-15-22/h5-6,8-11,14-17,25H,3-4,7,12-13,18-21H2,1-2H3/t25-/m1/s1. The molecule has 34 heavy (non-hydrogen) atoms. The van der Waals surface area contributed by atoms with Crippen LogP contribution in [0.5, 0.6) is 0 Å². The van der Waals surface area contributed by atoms with Crippen molar-refractivity contribution in [2.45, 2.75) is 56.6 Å². The van der Waals surface area contributed by atoms with Crippen LogP contribution in [0.2, 0.25) is 0 Å². The van der Waals surface area contributed by atoms with Crippen LogP contribution in [0.4, 0.5) is 0 Å². The SMILES string of the molecule is CCN(CC)C(=O)[C@H](Sc1nnc(CN2CCCCC2)n1Cc1ccccc1)c1ccccc1. The number of hydrogen-bond acceptors (Lipinski definition) is 5. The molecule has 0 N–H and O–H groups in total. The highest BCUT2D eigenvalue weighted by Gasteiger charge is 2.29. The minimum atomic E-state index is -0.359. The van der Waals surface area contributed by atoms with E-state index in [0.717, 1.165) is 36.2 Å². The first-order chi connectivity index (χ1) is 16.7. The lowest BCUT2D eigenvalue weighted by atomic mass is 10.1. The van der Waals surface area contributed by atoms with Crippen LogP contribution in [0.3, 0.4) is 0 Å². The molecule has 3 aromatic rings. The molecule has 180 valence electrons. The van der Waals surface area contributed by atoms with Crippen molar-refractivity contribution < 1.29 is 4.79 Å². The van der Waals surface area contributed by atoms with Gasteiger partial charge in [0.25, 0.3) is 0 Å². The first kappa shape index (κ1) is 24.5. The summed E-state index contributed by atoms with van der Waals surface area (Å²) in [6.45, 7) is 9.14. The van der Waals surface area contributed by atoms with Crippen LogP contribution in [0.15, 0.2) is 65.8 Å². The Morgan fingerprint density at radius 2 is 1.56 bits per heavy atom. The molecule has 4 rings (SSSR count). The van der Waals surface area contributed by atoms with Gasteiger partial charge in [0.2, 0.25) is 5.91 Å². The molecule has 0 unspecified atom stereocenters. The van der Waals surface area contributed by atoms with Gasteiger partial charge in [0.1, 0.15) is 11.1 Å². The van der Waals surface area contributed by atoms with Gasteiger partial charge in [-0.2, -0.15) is 0 Å². The molecule has 0 saturated carbocycles. The maximum atomic E-state index is 13.5. The van der Waals surface area contributed by atoms with Gasteiger partial charge >= 0.3 is 0 Å². The second-order valence-electron chi connectivity index (χ2n) is 8.73. The van der Waals surface area contributed by atoms with Crippen molar-refractivity contribution in [1.82, 2.24) is 24.6 Å². The molecule has 1 atom stereocenters. The Labute approximate surface area is 207 Å². The Morgan fingerprint density at radius 3 is 2.21 bits per heavy atom. The minimum Gasteiger partial charge on any atom is -0.342 e. The molecule has 2 aromatic carbocycles. The number of aromatic nitrogens is 3. The minimum absolute atomic E-state index is 0.119. The lowest BCUT2D eigenvalue weighted by Gasteiger charge is -2.26. The molecule has 0 bridgehead atoms. The Bertz CT molecular complexity index is 1030. The summed E-state index contributed by atoms with van der Waals surface area (Å²) in [6.07, 6.45) is 3.78. The quantitative estimate of drug-likeness (QED) is 0.384. The summed E-state index contributed by atoms with van der Waals surface area (Å²) in [4.78, 5) is 17.9. The van der Waals surface area contributed by atoms with Gasteiger partial charge < -0.3 is 9.47 Å². The van der Waals surface area contributed by atoms with Gasteiger partial charge in [-0.1, -0.05) is 78.8 Å². The third kappa shape index (κ3) is 6.07. The molecular weight excluding hydrogens is 442 g/mol. The molecular formula is C27H35N5OS. The van der Waals surface area contributed by atoms with E-state index in [0.29, 0.717) is 19.6 Å². The van der Waals surface area contributed by atoms with Gasteiger partial charge in [0.05, 0.1) is 13.1 Å². The van der Waals surface area contributed by atoms with Crippen molar-refractivity contribution in [3.05, 3.63) is 77.6 Å². The van der Waals surface area contributed by atoms with Crippen molar-refractivity contribution in [2.24, 2.45) is 0 Å². The number of hydrogen-bond donors (Lipinski definition) is 0. The molecule has 1 fully saturated rings. The van der Waals surface area contributed by atoms with Crippen LogP contribution in [0.1, 0.15) is 55.3 Å². The van der Waals surface area contributed by atoms with E-state index in [4.69, 9.17) is 0 Å². The van der Waals surface area contributed by atoms with Gasteiger partial charge in [-0.3, -0.25) is 9.69 Å².